The highest BCUT2D eigenvalue weighted by Crippen LogP contribution is 2.38. The smallest absolute Gasteiger partial charge is 0.407 e. The Hall–Kier alpha value is -6.28. The number of carbonyl (C=O) groups is 1. The van der Waals surface area contributed by atoms with Crippen LogP contribution in [0.1, 0.15) is 59.3 Å². The van der Waals surface area contributed by atoms with Gasteiger partial charge in [-0.15, -0.1) is 12.4 Å². The van der Waals surface area contributed by atoms with Gasteiger partial charge in [0.15, 0.2) is 0 Å². The molecule has 2 aliphatic carbocycles. The van der Waals surface area contributed by atoms with Crippen molar-refractivity contribution in [2.45, 2.75) is 98.9 Å². The molecule has 4 aromatic heterocycles. The van der Waals surface area contributed by atoms with Crippen LogP contribution >= 0.6 is 35.6 Å². The molecule has 0 saturated heterocycles. The minimum absolute atomic E-state index is 0. The minimum Gasteiger partial charge on any atom is -0.444 e. The molecule has 2 unspecified atom stereocenters. The second-order valence-corrected chi connectivity index (χ2v) is 23.0. The Balaban J connectivity index is 0.000000193. The predicted octanol–water partition coefficient (Wildman–Crippen LogP) is 10.5. The van der Waals surface area contributed by atoms with E-state index in [0.29, 0.717) is 67.3 Å². The molecule has 21 heteroatoms. The number of nitrogens with one attached hydrogen (secondary N) is 3. The van der Waals surface area contributed by atoms with Crippen molar-refractivity contribution in [1.29, 1.82) is 0 Å². The maximum absolute atomic E-state index is 13.5. The first kappa shape index (κ1) is 52.1. The molecule has 376 valence electrons. The number of fused-ring (bicyclic) bond motifs is 2. The summed E-state index contributed by atoms with van der Waals surface area (Å²) in [4.78, 5) is 30.5. The highest BCUT2D eigenvalue weighted by Gasteiger charge is 2.30. The zero-order valence-corrected chi connectivity index (χ0v) is 43.4. The van der Waals surface area contributed by atoms with Crippen LogP contribution in [0, 0.1) is 0 Å². The van der Waals surface area contributed by atoms with Crippen LogP contribution in [0.25, 0.3) is 44.3 Å². The number of alkyl carbamates (subject to hydrolysis) is 1. The molecule has 16 nitrogen and oxygen atoms in total. The summed E-state index contributed by atoms with van der Waals surface area (Å²) < 4.78 is 61.7. The molecule has 0 spiro atoms. The maximum Gasteiger partial charge on any atom is 0.407 e. The van der Waals surface area contributed by atoms with Crippen LogP contribution in [0.15, 0.2) is 144 Å². The van der Waals surface area contributed by atoms with Crippen molar-refractivity contribution in [2.24, 2.45) is 5.73 Å². The average molecular weight is 1070 g/mol. The van der Waals surface area contributed by atoms with Crippen molar-refractivity contribution < 1.29 is 26.4 Å². The number of carbonyl (C=O) groups excluding carboxylic acids is 1. The molecule has 2 saturated carbocycles. The van der Waals surface area contributed by atoms with Gasteiger partial charge < -0.3 is 26.4 Å². The van der Waals surface area contributed by atoms with Gasteiger partial charge in [0, 0.05) is 58.5 Å². The summed E-state index contributed by atoms with van der Waals surface area (Å²) in [5.41, 5.74) is 8.64. The normalized spacial score (nSPS) is 18.0. The van der Waals surface area contributed by atoms with Crippen LogP contribution in [0.5, 0.6) is 0 Å². The van der Waals surface area contributed by atoms with E-state index < -0.39 is 31.7 Å². The number of ether oxygens (including phenoxy) is 1. The topological polar surface area (TPSA) is 218 Å². The SMILES string of the molecule is CC(C)(C)OC(=O)N[C@@H]1CCC(Nc2ncc(Cl)c(-c3cn(S(=O)(=O)c4ccccc4)c4ccccc34)n2)C1.Cl.N[C@@H]1CCC(Nc2ncc(Cl)c(-c3cn(S(=O)(=O)c4ccccc4)c4ccccc34)n2)C1. The zero-order valence-electron chi connectivity index (χ0n) is 39.4. The number of halogens is 3. The van der Waals surface area contributed by atoms with Crippen molar-refractivity contribution in [3.05, 3.63) is 144 Å². The molecule has 2 fully saturated rings. The molecule has 1 amide bonds. The van der Waals surface area contributed by atoms with E-state index in [4.69, 9.17) is 33.7 Å². The fraction of sp³-hybridized carbons (Fsp3) is 0.275. The fourth-order valence-electron chi connectivity index (χ4n) is 8.97. The highest BCUT2D eigenvalue weighted by atomic mass is 35.5. The van der Waals surface area contributed by atoms with Crippen LogP contribution in [0.2, 0.25) is 10.0 Å². The Morgan fingerprint density at radius 3 is 1.49 bits per heavy atom. The molecule has 0 aliphatic heterocycles. The molecule has 0 bridgehead atoms. The third kappa shape index (κ3) is 11.3. The van der Waals surface area contributed by atoms with E-state index >= 15 is 0 Å². The molecule has 4 atom stereocenters. The summed E-state index contributed by atoms with van der Waals surface area (Å²) in [5.74, 6) is 0.825. The molecule has 8 aromatic rings. The summed E-state index contributed by atoms with van der Waals surface area (Å²) in [7, 11) is -7.65. The van der Waals surface area contributed by atoms with Crippen molar-refractivity contribution in [3.8, 4) is 22.5 Å². The number of amides is 1. The van der Waals surface area contributed by atoms with E-state index in [1.165, 1.54) is 14.1 Å². The van der Waals surface area contributed by atoms with Gasteiger partial charge in [0.2, 0.25) is 11.9 Å². The molecule has 10 rings (SSSR count). The number of benzene rings is 4. The molecule has 4 aromatic carbocycles. The van der Waals surface area contributed by atoms with Gasteiger partial charge in [-0.3, -0.25) is 0 Å². The Bertz CT molecular complexity index is 3470. The number of anilines is 2. The van der Waals surface area contributed by atoms with Crippen molar-refractivity contribution in [1.82, 2.24) is 33.2 Å². The lowest BCUT2D eigenvalue weighted by molar-refractivity contribution is 0.0505. The van der Waals surface area contributed by atoms with Crippen molar-refractivity contribution in [3.63, 3.8) is 0 Å². The standard InChI is InChI=1S/C28H30ClN5O4S.C23H22ClN5O2S.ClH/c1-28(2,3)38-27(35)32-19-14-13-18(15-19)31-26-30-16-23(29)25(33-26)22-17-34(24-12-8-7-11-21(22)24)39(36,37)20-9-5-4-6-10-20;24-20-13-26-23(27-16-11-10-15(25)12-16)28-22(20)19-14-29(21-9-5-4-8-18(19)21)32(30,31)17-6-2-1-3-7-17;/h4-12,16-19H,13-15H2,1-3H3,(H,32,35)(H,30,31,33);1-9,13-16H,10-12,25H2,(H,26,27,28);1H/t18?,19-;15-,16?;/m11./s1. The monoisotopic (exact) mass is 1070 g/mol. The highest BCUT2D eigenvalue weighted by molar-refractivity contribution is 7.90. The zero-order chi connectivity index (χ0) is 50.1. The van der Waals surface area contributed by atoms with Gasteiger partial charge >= 0.3 is 6.09 Å². The van der Waals surface area contributed by atoms with E-state index in [1.807, 2.05) is 45.0 Å². The Morgan fingerprint density at radius 2 is 1.04 bits per heavy atom. The third-order valence-corrected chi connectivity index (χ3v) is 16.2. The molecule has 72 heavy (non-hydrogen) atoms. The largest absolute Gasteiger partial charge is 0.444 e. The Morgan fingerprint density at radius 1 is 0.625 bits per heavy atom. The molecular formula is C51H53Cl3N10O6S2. The predicted molar refractivity (Wildman–Crippen MR) is 285 cm³/mol. The lowest BCUT2D eigenvalue weighted by atomic mass is 10.1. The second-order valence-electron chi connectivity index (χ2n) is 18.5. The lowest BCUT2D eigenvalue weighted by Gasteiger charge is -2.21. The van der Waals surface area contributed by atoms with Crippen LogP contribution in [-0.2, 0) is 24.8 Å². The van der Waals surface area contributed by atoms with Crippen LogP contribution in [0.3, 0.4) is 0 Å². The van der Waals surface area contributed by atoms with Crippen molar-refractivity contribution in [2.75, 3.05) is 10.6 Å². The van der Waals surface area contributed by atoms with Crippen LogP contribution in [-0.4, -0.2) is 80.6 Å². The first-order chi connectivity index (χ1) is 33.9. The molecule has 0 radical (unpaired) electrons. The van der Waals surface area contributed by atoms with E-state index in [-0.39, 0.29) is 46.4 Å². The average Bonchev–Trinajstić information content (AvgIpc) is 4.16. The summed E-state index contributed by atoms with van der Waals surface area (Å²) >= 11 is 13.0. The van der Waals surface area contributed by atoms with Crippen LogP contribution in [0.4, 0.5) is 16.7 Å². The molecule has 2 aliphatic rings. The lowest BCUT2D eigenvalue weighted by Crippen LogP contribution is -2.38. The summed E-state index contributed by atoms with van der Waals surface area (Å²) in [6, 6.07) is 31.6. The molecular weight excluding hydrogens is 1020 g/mol. The number of nitrogens with zero attached hydrogens (tertiary/aromatic N) is 6. The number of aromatic nitrogens is 6. The Kier molecular flexibility index (Phi) is 15.5. The van der Waals surface area contributed by atoms with E-state index in [0.717, 1.165) is 37.5 Å². The summed E-state index contributed by atoms with van der Waals surface area (Å²) in [6.45, 7) is 5.49. The number of nitrogens with two attached hydrogens (primary N) is 1. The number of hydrogen-bond donors (Lipinski definition) is 4. The van der Waals surface area contributed by atoms with Gasteiger partial charge in [-0.25, -0.2) is 49.5 Å². The molecule has 5 N–H and O–H groups in total. The van der Waals surface area contributed by atoms with Gasteiger partial charge in [0.1, 0.15) is 5.60 Å². The number of rotatable bonds is 11. The van der Waals surface area contributed by atoms with E-state index in [2.05, 4.69) is 35.9 Å². The summed E-state index contributed by atoms with van der Waals surface area (Å²) in [6.07, 6.45) is 10.8. The van der Waals surface area contributed by atoms with Gasteiger partial charge in [-0.1, -0.05) is 96.0 Å². The maximum atomic E-state index is 13.5. The van der Waals surface area contributed by atoms with Gasteiger partial charge in [0.25, 0.3) is 20.0 Å². The van der Waals surface area contributed by atoms with E-state index in [1.54, 1.807) is 104 Å². The number of para-hydroxylation sites is 2. The van der Waals surface area contributed by atoms with E-state index in [9.17, 15) is 21.6 Å². The fourth-order valence-corrected chi connectivity index (χ4v) is 12.1. The van der Waals surface area contributed by atoms with Gasteiger partial charge in [-0.2, -0.15) is 0 Å². The van der Waals surface area contributed by atoms with Crippen molar-refractivity contribution >= 4 is 95.5 Å². The second kappa shape index (κ2) is 21.4. The third-order valence-electron chi connectivity index (χ3n) is 12.2. The van der Waals surface area contributed by atoms with Gasteiger partial charge in [-0.05, 0) is 95.7 Å². The minimum atomic E-state index is -3.85. The number of hydrogen-bond acceptors (Lipinski definition) is 13. The Labute approximate surface area is 434 Å². The molecule has 4 heterocycles. The first-order valence-corrected chi connectivity index (χ1v) is 26.7. The first-order valence-electron chi connectivity index (χ1n) is 23.1. The van der Waals surface area contributed by atoms with Crippen LogP contribution < -0.4 is 21.7 Å². The quantitative estimate of drug-likeness (QED) is 0.0949. The summed E-state index contributed by atoms with van der Waals surface area (Å²) in [5, 5.41) is 11.7. The van der Waals surface area contributed by atoms with Gasteiger partial charge in [0.05, 0.1) is 54.7 Å².